The summed E-state index contributed by atoms with van der Waals surface area (Å²) in [5, 5.41) is 10.3. The van der Waals surface area contributed by atoms with Crippen molar-refractivity contribution >= 4 is 11.6 Å². The van der Waals surface area contributed by atoms with Gasteiger partial charge in [0.15, 0.2) is 0 Å². The summed E-state index contributed by atoms with van der Waals surface area (Å²) in [4.78, 5) is 11.7. The van der Waals surface area contributed by atoms with Crippen molar-refractivity contribution in [2.45, 2.75) is 20.8 Å². The van der Waals surface area contributed by atoms with Gasteiger partial charge in [0.25, 0.3) is 0 Å². The van der Waals surface area contributed by atoms with Crippen molar-refractivity contribution in [3.05, 3.63) is 41.8 Å². The number of amides is 1. The first kappa shape index (κ1) is 13.0. The molecular weight excluding hydrogens is 242 g/mol. The fourth-order valence-corrected chi connectivity index (χ4v) is 1.67. The molecule has 19 heavy (non-hydrogen) atoms. The zero-order valence-corrected chi connectivity index (χ0v) is 11.1. The molecule has 1 aromatic carbocycles. The second-order valence-corrected chi connectivity index (χ2v) is 4.48. The van der Waals surface area contributed by atoms with Gasteiger partial charge in [-0.2, -0.15) is 0 Å². The number of carbonyl (C=O) groups excluding carboxylic acids is 1. The molecule has 0 atom stereocenters. The number of aromatic nitrogens is 2. The van der Waals surface area contributed by atoms with Crippen molar-refractivity contribution in [3.63, 3.8) is 0 Å². The van der Waals surface area contributed by atoms with Gasteiger partial charge in [0.05, 0.1) is 0 Å². The predicted molar refractivity (Wildman–Crippen MR) is 72.5 cm³/mol. The molecule has 0 fully saturated rings. The van der Waals surface area contributed by atoms with Crippen LogP contribution in [0.15, 0.2) is 40.7 Å². The lowest BCUT2D eigenvalue weighted by Crippen LogP contribution is -2.09. The van der Waals surface area contributed by atoms with Crippen LogP contribution < -0.4 is 5.32 Å². The minimum Gasteiger partial charge on any atom is -0.423 e. The topological polar surface area (TPSA) is 68.0 Å². The minimum atomic E-state index is -0.131. The van der Waals surface area contributed by atoms with Crippen LogP contribution in [0.2, 0.25) is 0 Å². The van der Waals surface area contributed by atoms with E-state index in [9.17, 15) is 4.79 Å². The number of allylic oxidation sites excluding steroid dienone is 1. The number of aryl methyl sites for hydroxylation is 1. The van der Waals surface area contributed by atoms with E-state index in [-0.39, 0.29) is 5.91 Å². The average Bonchev–Trinajstić information content (AvgIpc) is 2.84. The lowest BCUT2D eigenvalue weighted by atomic mass is 10.1. The van der Waals surface area contributed by atoms with Gasteiger partial charge in [0.1, 0.15) is 0 Å². The van der Waals surface area contributed by atoms with E-state index in [4.69, 9.17) is 4.42 Å². The normalized spacial score (nSPS) is 10.1. The molecule has 0 saturated heterocycles. The number of carbonyl (C=O) groups is 1. The van der Waals surface area contributed by atoms with E-state index in [2.05, 4.69) is 15.5 Å². The SMILES string of the molecule is CC(C)=CC(=O)Nc1ccc(-c2nnco2)cc1C. The van der Waals surface area contributed by atoms with Gasteiger partial charge >= 0.3 is 0 Å². The average molecular weight is 257 g/mol. The van der Waals surface area contributed by atoms with Crippen LogP contribution in [0.1, 0.15) is 19.4 Å². The molecule has 5 heteroatoms. The number of benzene rings is 1. The fourth-order valence-electron chi connectivity index (χ4n) is 1.67. The molecule has 0 unspecified atom stereocenters. The van der Waals surface area contributed by atoms with Crippen LogP contribution in [0.25, 0.3) is 11.5 Å². The van der Waals surface area contributed by atoms with E-state index in [0.29, 0.717) is 5.89 Å². The Hall–Kier alpha value is -2.43. The Kier molecular flexibility index (Phi) is 3.75. The molecule has 5 nitrogen and oxygen atoms in total. The molecular formula is C14H15N3O2. The molecule has 0 aliphatic carbocycles. The van der Waals surface area contributed by atoms with Gasteiger partial charge in [-0.3, -0.25) is 4.79 Å². The molecule has 0 radical (unpaired) electrons. The molecule has 0 aliphatic rings. The third kappa shape index (κ3) is 3.28. The summed E-state index contributed by atoms with van der Waals surface area (Å²) < 4.78 is 5.13. The Balaban J connectivity index is 2.21. The summed E-state index contributed by atoms with van der Waals surface area (Å²) in [6, 6.07) is 5.55. The number of rotatable bonds is 3. The van der Waals surface area contributed by atoms with E-state index in [0.717, 1.165) is 22.4 Å². The van der Waals surface area contributed by atoms with Gasteiger partial charge in [0.2, 0.25) is 18.2 Å². The highest BCUT2D eigenvalue weighted by atomic mass is 16.4. The predicted octanol–water partition coefficient (Wildman–Crippen LogP) is 2.95. The second kappa shape index (κ2) is 5.48. The number of anilines is 1. The Labute approximate surface area is 111 Å². The van der Waals surface area contributed by atoms with Crippen LogP contribution in [0, 0.1) is 6.92 Å². The van der Waals surface area contributed by atoms with E-state index >= 15 is 0 Å². The van der Waals surface area contributed by atoms with Crippen LogP contribution >= 0.6 is 0 Å². The maximum atomic E-state index is 11.7. The summed E-state index contributed by atoms with van der Waals surface area (Å²) in [6.07, 6.45) is 2.85. The zero-order chi connectivity index (χ0) is 13.8. The van der Waals surface area contributed by atoms with E-state index < -0.39 is 0 Å². The standard InChI is InChI=1S/C14H15N3O2/c1-9(2)6-13(18)16-12-5-4-11(7-10(12)3)14-17-15-8-19-14/h4-8H,1-3H3,(H,16,18). The quantitative estimate of drug-likeness (QED) is 0.858. The first-order chi connectivity index (χ1) is 9.06. The van der Waals surface area contributed by atoms with E-state index in [1.165, 1.54) is 6.39 Å². The van der Waals surface area contributed by atoms with Crippen LogP contribution in [0.4, 0.5) is 5.69 Å². The first-order valence-corrected chi connectivity index (χ1v) is 5.89. The van der Waals surface area contributed by atoms with Gasteiger partial charge < -0.3 is 9.73 Å². The Bertz CT molecular complexity index is 612. The molecule has 0 aliphatic heterocycles. The number of nitrogens with zero attached hydrogens (tertiary/aromatic N) is 2. The van der Waals surface area contributed by atoms with Gasteiger partial charge in [-0.15, -0.1) is 10.2 Å². The maximum Gasteiger partial charge on any atom is 0.248 e. The molecule has 1 heterocycles. The van der Waals surface area contributed by atoms with Crippen LogP contribution in [-0.4, -0.2) is 16.1 Å². The number of nitrogens with one attached hydrogen (secondary N) is 1. The lowest BCUT2D eigenvalue weighted by Gasteiger charge is -2.07. The van der Waals surface area contributed by atoms with Gasteiger partial charge in [0, 0.05) is 17.3 Å². The molecule has 2 rings (SSSR count). The minimum absolute atomic E-state index is 0.131. The smallest absolute Gasteiger partial charge is 0.248 e. The van der Waals surface area contributed by atoms with Crippen molar-refractivity contribution in [2.75, 3.05) is 5.32 Å². The summed E-state index contributed by atoms with van der Waals surface area (Å²) in [7, 11) is 0. The van der Waals surface area contributed by atoms with Crippen molar-refractivity contribution < 1.29 is 9.21 Å². The monoisotopic (exact) mass is 257 g/mol. The van der Waals surface area contributed by atoms with Gasteiger partial charge in [-0.1, -0.05) is 5.57 Å². The molecule has 1 aromatic heterocycles. The lowest BCUT2D eigenvalue weighted by molar-refractivity contribution is -0.111. The van der Waals surface area contributed by atoms with Crippen molar-refractivity contribution in [1.29, 1.82) is 0 Å². The van der Waals surface area contributed by atoms with Crippen molar-refractivity contribution in [2.24, 2.45) is 0 Å². The summed E-state index contributed by atoms with van der Waals surface area (Å²) in [5.41, 5.74) is 3.49. The van der Waals surface area contributed by atoms with Gasteiger partial charge in [-0.05, 0) is 44.5 Å². The Morgan fingerprint density at radius 2 is 2.16 bits per heavy atom. The van der Waals surface area contributed by atoms with Crippen molar-refractivity contribution in [1.82, 2.24) is 10.2 Å². The van der Waals surface area contributed by atoms with Crippen LogP contribution in [0.3, 0.4) is 0 Å². The molecule has 1 amide bonds. The molecule has 0 saturated carbocycles. The van der Waals surface area contributed by atoms with E-state index in [1.54, 1.807) is 6.08 Å². The molecule has 1 N–H and O–H groups in total. The third-order valence-corrected chi connectivity index (χ3v) is 2.51. The van der Waals surface area contributed by atoms with Crippen LogP contribution in [0.5, 0.6) is 0 Å². The highest BCUT2D eigenvalue weighted by molar-refractivity contribution is 6.00. The largest absolute Gasteiger partial charge is 0.423 e. The number of hydrogen-bond donors (Lipinski definition) is 1. The molecule has 98 valence electrons. The highest BCUT2D eigenvalue weighted by Gasteiger charge is 2.07. The second-order valence-electron chi connectivity index (χ2n) is 4.48. The summed E-state index contributed by atoms with van der Waals surface area (Å²) in [5.74, 6) is 0.332. The molecule has 0 bridgehead atoms. The Morgan fingerprint density at radius 1 is 1.37 bits per heavy atom. The van der Waals surface area contributed by atoms with Crippen molar-refractivity contribution in [3.8, 4) is 11.5 Å². The highest BCUT2D eigenvalue weighted by Crippen LogP contribution is 2.23. The summed E-state index contributed by atoms with van der Waals surface area (Å²) in [6.45, 7) is 5.67. The first-order valence-electron chi connectivity index (χ1n) is 5.89. The fraction of sp³-hybridized carbons (Fsp3) is 0.214. The molecule has 0 spiro atoms. The van der Waals surface area contributed by atoms with Gasteiger partial charge in [-0.25, -0.2) is 0 Å². The van der Waals surface area contributed by atoms with Crippen LogP contribution in [-0.2, 0) is 4.79 Å². The zero-order valence-electron chi connectivity index (χ0n) is 11.1. The maximum absolute atomic E-state index is 11.7. The summed E-state index contributed by atoms with van der Waals surface area (Å²) >= 11 is 0. The van der Waals surface area contributed by atoms with E-state index in [1.807, 2.05) is 39.0 Å². The Morgan fingerprint density at radius 3 is 2.74 bits per heavy atom. The third-order valence-electron chi connectivity index (χ3n) is 2.51. The molecule has 2 aromatic rings. The number of hydrogen-bond acceptors (Lipinski definition) is 4.